The van der Waals surface area contributed by atoms with Gasteiger partial charge in [-0.1, -0.05) is 0 Å². The number of aryl methyl sites for hydroxylation is 2. The van der Waals surface area contributed by atoms with Crippen molar-refractivity contribution in [2.24, 2.45) is 0 Å². The summed E-state index contributed by atoms with van der Waals surface area (Å²) in [5.41, 5.74) is 2.40. The minimum absolute atomic E-state index is 0.282. The Morgan fingerprint density at radius 3 is 2.64 bits per heavy atom. The van der Waals surface area contributed by atoms with Gasteiger partial charge in [-0.3, -0.25) is 4.79 Å². The number of rotatable bonds is 1. The van der Waals surface area contributed by atoms with Crippen LogP contribution < -0.4 is 0 Å². The summed E-state index contributed by atoms with van der Waals surface area (Å²) in [6.07, 6.45) is 4.96. The number of ketones is 1. The maximum Gasteiger partial charge on any atom is 0.252 e. The van der Waals surface area contributed by atoms with Crippen molar-refractivity contribution in [3.63, 3.8) is 0 Å². The average Bonchev–Trinajstić information content (AvgIpc) is 2.28. The second kappa shape index (κ2) is 2.63. The zero-order valence-electron chi connectivity index (χ0n) is 6.56. The second-order valence-corrected chi connectivity index (χ2v) is 2.48. The smallest absolute Gasteiger partial charge is 0.252 e. The van der Waals surface area contributed by atoms with Crippen LogP contribution in [0.1, 0.15) is 21.7 Å². The highest BCUT2D eigenvalue weighted by molar-refractivity contribution is 6.08. The van der Waals surface area contributed by atoms with Crippen molar-refractivity contribution >= 4 is 5.78 Å². The molecule has 0 unspecified atom stereocenters. The SMILES string of the molecule is C#CC(=O)c1[nH]c(C)cc1C. The third-order valence-electron chi connectivity index (χ3n) is 1.51. The van der Waals surface area contributed by atoms with E-state index in [1.54, 1.807) is 0 Å². The van der Waals surface area contributed by atoms with Crippen molar-refractivity contribution in [1.29, 1.82) is 0 Å². The number of aromatic nitrogens is 1. The van der Waals surface area contributed by atoms with Gasteiger partial charge in [0, 0.05) is 5.69 Å². The number of aromatic amines is 1. The van der Waals surface area contributed by atoms with E-state index in [4.69, 9.17) is 6.42 Å². The first-order valence-corrected chi connectivity index (χ1v) is 3.32. The van der Waals surface area contributed by atoms with Crippen LogP contribution in [0.15, 0.2) is 6.07 Å². The number of Topliss-reactive ketones (excluding diaryl/α,β-unsaturated/α-hetero) is 1. The zero-order valence-corrected chi connectivity index (χ0v) is 6.56. The zero-order chi connectivity index (χ0) is 8.43. The summed E-state index contributed by atoms with van der Waals surface area (Å²) < 4.78 is 0. The molecule has 1 heterocycles. The van der Waals surface area contributed by atoms with Crippen LogP contribution in [0.3, 0.4) is 0 Å². The summed E-state index contributed by atoms with van der Waals surface area (Å²) >= 11 is 0. The summed E-state index contributed by atoms with van der Waals surface area (Å²) in [4.78, 5) is 13.9. The number of carbonyl (C=O) groups excluding carboxylic acids is 1. The molecule has 2 nitrogen and oxygen atoms in total. The van der Waals surface area contributed by atoms with Gasteiger partial charge in [0.15, 0.2) is 0 Å². The molecule has 1 aromatic heterocycles. The molecule has 0 saturated carbocycles. The van der Waals surface area contributed by atoms with Crippen LogP contribution in [-0.4, -0.2) is 10.8 Å². The highest BCUT2D eigenvalue weighted by Gasteiger charge is 2.07. The fourth-order valence-electron chi connectivity index (χ4n) is 1.04. The van der Waals surface area contributed by atoms with Crippen LogP contribution in [0.2, 0.25) is 0 Å². The van der Waals surface area contributed by atoms with Gasteiger partial charge in [0.25, 0.3) is 5.78 Å². The largest absolute Gasteiger partial charge is 0.355 e. The van der Waals surface area contributed by atoms with Gasteiger partial charge in [0.2, 0.25) is 0 Å². The van der Waals surface area contributed by atoms with Gasteiger partial charge in [-0.05, 0) is 31.4 Å². The minimum atomic E-state index is -0.282. The lowest BCUT2D eigenvalue weighted by Gasteiger charge is -1.88. The van der Waals surface area contributed by atoms with Crippen LogP contribution >= 0.6 is 0 Å². The molecule has 0 aliphatic carbocycles. The van der Waals surface area contributed by atoms with Crippen molar-refractivity contribution in [2.45, 2.75) is 13.8 Å². The van der Waals surface area contributed by atoms with Crippen molar-refractivity contribution in [3.05, 3.63) is 23.0 Å². The molecule has 0 radical (unpaired) electrons. The molecule has 11 heavy (non-hydrogen) atoms. The molecule has 0 aliphatic rings. The van der Waals surface area contributed by atoms with Crippen molar-refractivity contribution in [1.82, 2.24) is 4.98 Å². The van der Waals surface area contributed by atoms with Gasteiger partial charge in [0.05, 0.1) is 5.69 Å². The van der Waals surface area contributed by atoms with E-state index in [9.17, 15) is 4.79 Å². The van der Waals surface area contributed by atoms with E-state index in [1.807, 2.05) is 19.9 Å². The first kappa shape index (κ1) is 7.62. The van der Waals surface area contributed by atoms with Crippen molar-refractivity contribution < 1.29 is 4.79 Å². The summed E-state index contributed by atoms with van der Waals surface area (Å²) in [6, 6.07) is 1.89. The summed E-state index contributed by atoms with van der Waals surface area (Å²) in [7, 11) is 0. The average molecular weight is 147 g/mol. The predicted octanol–water partition coefficient (Wildman–Crippen LogP) is 1.45. The number of nitrogens with one attached hydrogen (secondary N) is 1. The fraction of sp³-hybridized carbons (Fsp3) is 0.222. The van der Waals surface area contributed by atoms with Gasteiger partial charge in [0.1, 0.15) is 0 Å². The van der Waals surface area contributed by atoms with Crippen molar-refractivity contribution in [2.75, 3.05) is 0 Å². The molecule has 0 fully saturated rings. The van der Waals surface area contributed by atoms with Gasteiger partial charge in [-0.2, -0.15) is 0 Å². The highest BCUT2D eigenvalue weighted by atomic mass is 16.1. The highest BCUT2D eigenvalue weighted by Crippen LogP contribution is 2.08. The lowest BCUT2D eigenvalue weighted by molar-refractivity contribution is 0.105. The number of carbonyl (C=O) groups is 1. The monoisotopic (exact) mass is 147 g/mol. The number of hydrogen-bond donors (Lipinski definition) is 1. The second-order valence-electron chi connectivity index (χ2n) is 2.48. The van der Waals surface area contributed by atoms with Crippen LogP contribution in [0.5, 0.6) is 0 Å². The van der Waals surface area contributed by atoms with E-state index in [0.29, 0.717) is 5.69 Å². The lowest BCUT2D eigenvalue weighted by atomic mass is 10.2. The third kappa shape index (κ3) is 1.32. The maximum absolute atomic E-state index is 11.0. The van der Waals surface area contributed by atoms with Crippen molar-refractivity contribution in [3.8, 4) is 12.3 Å². The van der Waals surface area contributed by atoms with Crippen LogP contribution in [0, 0.1) is 26.2 Å². The van der Waals surface area contributed by atoms with Crippen LogP contribution in [0.4, 0.5) is 0 Å². The molecule has 0 bridgehead atoms. The Morgan fingerprint density at radius 2 is 2.27 bits per heavy atom. The molecule has 0 amide bonds. The molecule has 0 atom stereocenters. The molecule has 2 heteroatoms. The third-order valence-corrected chi connectivity index (χ3v) is 1.51. The Kier molecular flexibility index (Phi) is 1.82. The Bertz CT molecular complexity index is 328. The molecule has 0 saturated heterocycles. The molecule has 56 valence electrons. The fourth-order valence-corrected chi connectivity index (χ4v) is 1.04. The van der Waals surface area contributed by atoms with Gasteiger partial charge in [-0.15, -0.1) is 6.42 Å². The summed E-state index contributed by atoms with van der Waals surface area (Å²) in [5.74, 6) is 1.78. The van der Waals surface area contributed by atoms with Gasteiger partial charge < -0.3 is 4.98 Å². The van der Waals surface area contributed by atoms with Crippen LogP contribution in [-0.2, 0) is 0 Å². The predicted molar refractivity (Wildman–Crippen MR) is 43.4 cm³/mol. The molecular formula is C9H9NO. The standard InChI is InChI=1S/C9H9NO/c1-4-8(11)9-6(2)5-7(3)10-9/h1,5,10H,2-3H3. The number of H-pyrrole nitrogens is 1. The Labute approximate surface area is 65.6 Å². The molecule has 1 rings (SSSR count). The maximum atomic E-state index is 11.0. The number of terminal acetylenes is 1. The quantitative estimate of drug-likeness (QED) is 0.364. The summed E-state index contributed by atoms with van der Waals surface area (Å²) in [6.45, 7) is 3.74. The minimum Gasteiger partial charge on any atom is -0.355 e. The van der Waals surface area contributed by atoms with Crippen LogP contribution in [0.25, 0.3) is 0 Å². The van der Waals surface area contributed by atoms with E-state index in [1.165, 1.54) is 0 Å². The number of hydrogen-bond acceptors (Lipinski definition) is 1. The molecule has 0 aliphatic heterocycles. The van der Waals surface area contributed by atoms with E-state index in [-0.39, 0.29) is 5.78 Å². The van der Waals surface area contributed by atoms with E-state index < -0.39 is 0 Å². The first-order chi connectivity index (χ1) is 5.15. The first-order valence-electron chi connectivity index (χ1n) is 3.32. The van der Waals surface area contributed by atoms with E-state index >= 15 is 0 Å². The Balaban J connectivity index is 3.15. The molecule has 1 N–H and O–H groups in total. The lowest BCUT2D eigenvalue weighted by Crippen LogP contribution is -1.96. The Morgan fingerprint density at radius 1 is 1.64 bits per heavy atom. The molecular weight excluding hydrogens is 138 g/mol. The normalized spacial score (nSPS) is 9.18. The van der Waals surface area contributed by atoms with E-state index in [0.717, 1.165) is 11.3 Å². The summed E-state index contributed by atoms with van der Waals surface area (Å²) in [5, 5.41) is 0. The molecule has 0 aromatic carbocycles. The molecule has 1 aromatic rings. The topological polar surface area (TPSA) is 32.9 Å². The van der Waals surface area contributed by atoms with E-state index in [2.05, 4.69) is 10.9 Å². The van der Waals surface area contributed by atoms with Gasteiger partial charge >= 0.3 is 0 Å². The molecule has 0 spiro atoms. The van der Waals surface area contributed by atoms with Gasteiger partial charge in [-0.25, -0.2) is 0 Å². The Hall–Kier alpha value is -1.49.